The first kappa shape index (κ1) is 18.5. The normalized spacial score (nSPS) is 11.2. The second kappa shape index (κ2) is 13.2. The molecule has 102 valence electrons. The lowest BCUT2D eigenvalue weighted by Gasteiger charge is -1.93. The van der Waals surface area contributed by atoms with Crippen molar-refractivity contribution in [3.05, 3.63) is 0 Å². The average molecular weight is 267 g/mol. The summed E-state index contributed by atoms with van der Waals surface area (Å²) in [6.45, 7) is 1.98. The van der Waals surface area contributed by atoms with Gasteiger partial charge in [-0.1, -0.05) is 13.3 Å². The molecule has 0 saturated heterocycles. The smallest absolute Gasteiger partial charge is 0.303 e. The first-order valence-corrected chi connectivity index (χ1v) is 7.31. The number of hydrogen-bond donors (Lipinski definition) is 3. The van der Waals surface area contributed by atoms with Gasteiger partial charge in [-0.25, -0.2) is 0 Å². The summed E-state index contributed by atoms with van der Waals surface area (Å²) in [7, 11) is -1.88. The second-order valence-electron chi connectivity index (χ2n) is 3.56. The number of rotatable bonds is 8. The van der Waals surface area contributed by atoms with Gasteiger partial charge in [0.2, 0.25) is 0 Å². The van der Waals surface area contributed by atoms with Crippen molar-refractivity contribution >= 4 is 19.9 Å². The van der Waals surface area contributed by atoms with E-state index >= 15 is 0 Å². The molecule has 0 aromatic heterocycles. The lowest BCUT2D eigenvalue weighted by Crippen LogP contribution is -1.95. The molecule has 0 aromatic rings. The maximum absolute atomic E-state index is 10.3. The number of nitrogens with two attached hydrogens (primary N) is 1. The molecule has 17 heavy (non-hydrogen) atoms. The highest BCUT2D eigenvalue weighted by Gasteiger charge is 1.96. The lowest BCUT2D eigenvalue weighted by atomic mass is 10.3. The van der Waals surface area contributed by atoms with Gasteiger partial charge in [0.1, 0.15) is 7.95 Å². The van der Waals surface area contributed by atoms with E-state index in [1.165, 1.54) is 0 Å². The van der Waals surface area contributed by atoms with Gasteiger partial charge in [-0.15, -0.1) is 0 Å². The van der Waals surface area contributed by atoms with E-state index in [9.17, 15) is 14.2 Å². The van der Waals surface area contributed by atoms with Gasteiger partial charge in [-0.05, 0) is 19.3 Å². The van der Waals surface area contributed by atoms with Crippen LogP contribution in [-0.4, -0.2) is 28.3 Å². The van der Waals surface area contributed by atoms with Crippen molar-refractivity contribution in [2.45, 2.75) is 45.4 Å². The minimum Gasteiger partial charge on any atom is -0.481 e. The summed E-state index contributed by atoms with van der Waals surface area (Å²) in [6, 6.07) is 0. The fourth-order valence-electron chi connectivity index (χ4n) is 0.903. The molecule has 7 heteroatoms. The van der Waals surface area contributed by atoms with E-state index in [0.29, 0.717) is 25.4 Å². The van der Waals surface area contributed by atoms with Crippen LogP contribution in [0.3, 0.4) is 0 Å². The van der Waals surface area contributed by atoms with Crippen LogP contribution in [-0.2, 0) is 14.2 Å². The Labute approximate surface area is 102 Å². The molecule has 0 fully saturated rings. The Morgan fingerprint density at radius 1 is 1.06 bits per heavy atom. The molecular weight excluding hydrogens is 245 g/mol. The molecule has 0 bridgehead atoms. The Morgan fingerprint density at radius 3 is 1.82 bits per heavy atom. The number of unbranched alkanes of at least 4 members (excludes halogenated alkanes) is 2. The fraction of sp³-hybridized carbons (Fsp3) is 0.800. The number of carbonyl (C=O) groups is 2. The molecule has 0 rings (SSSR count). The van der Waals surface area contributed by atoms with Crippen molar-refractivity contribution in [1.82, 2.24) is 0 Å². The first-order chi connectivity index (χ1) is 7.90. The zero-order valence-corrected chi connectivity index (χ0v) is 11.1. The molecule has 0 radical (unpaired) electrons. The molecule has 0 aliphatic rings. The monoisotopic (exact) mass is 267 g/mol. The number of aliphatic carboxylic acids is 2. The van der Waals surface area contributed by atoms with Gasteiger partial charge in [0, 0.05) is 19.0 Å². The minimum atomic E-state index is -1.88. The molecule has 0 saturated carbocycles. The number of carboxylic acid groups (broad SMARTS) is 2. The third-order valence-corrected chi connectivity index (χ3v) is 2.65. The van der Waals surface area contributed by atoms with Crippen LogP contribution < -0.4 is 5.50 Å². The minimum absolute atomic E-state index is 0.148. The maximum atomic E-state index is 10.3. The SMILES string of the molecule is CCCCC(=O)O.N[PH](=O)CCCCC(=O)O. The van der Waals surface area contributed by atoms with Gasteiger partial charge in [-0.2, -0.15) is 0 Å². The topological polar surface area (TPSA) is 118 Å². The highest BCUT2D eigenvalue weighted by atomic mass is 31.1. The average Bonchev–Trinajstić information content (AvgIpc) is 2.22. The predicted molar refractivity (Wildman–Crippen MR) is 66.7 cm³/mol. The summed E-state index contributed by atoms with van der Waals surface area (Å²) in [5, 5.41) is 16.2. The molecule has 0 amide bonds. The summed E-state index contributed by atoms with van der Waals surface area (Å²) in [5.41, 5.74) is 5.01. The maximum Gasteiger partial charge on any atom is 0.303 e. The summed E-state index contributed by atoms with van der Waals surface area (Å²) >= 11 is 0. The van der Waals surface area contributed by atoms with Crippen LogP contribution in [0.4, 0.5) is 0 Å². The quantitative estimate of drug-likeness (QED) is 0.457. The van der Waals surface area contributed by atoms with Gasteiger partial charge in [-0.3, -0.25) is 15.1 Å². The highest BCUT2D eigenvalue weighted by Crippen LogP contribution is 2.11. The molecule has 0 spiro atoms. The molecule has 6 nitrogen and oxygen atoms in total. The van der Waals surface area contributed by atoms with Crippen LogP contribution in [0.5, 0.6) is 0 Å². The molecule has 0 heterocycles. The summed E-state index contributed by atoms with van der Waals surface area (Å²) in [4.78, 5) is 19.7. The standard InChI is InChI=1S/C5H12NO3P.C5H10O2/c6-10(9)4-2-1-3-5(7)8;1-2-3-4-5(6)7/h10H,1-4H2,(H2,6,9)(H,7,8);2-4H2,1H3,(H,6,7). The van der Waals surface area contributed by atoms with Crippen LogP contribution >= 0.6 is 7.95 Å². The van der Waals surface area contributed by atoms with E-state index in [-0.39, 0.29) is 6.42 Å². The van der Waals surface area contributed by atoms with Crippen LogP contribution in [0, 0.1) is 0 Å². The van der Waals surface area contributed by atoms with Gasteiger partial charge >= 0.3 is 11.9 Å². The van der Waals surface area contributed by atoms with E-state index in [0.717, 1.165) is 12.8 Å². The van der Waals surface area contributed by atoms with Crippen molar-refractivity contribution in [1.29, 1.82) is 0 Å². The second-order valence-corrected chi connectivity index (χ2v) is 5.00. The fourth-order valence-corrected chi connectivity index (χ4v) is 1.50. The van der Waals surface area contributed by atoms with Crippen LogP contribution in [0.15, 0.2) is 0 Å². The van der Waals surface area contributed by atoms with Gasteiger partial charge in [0.25, 0.3) is 0 Å². The van der Waals surface area contributed by atoms with Crippen LogP contribution in [0.1, 0.15) is 45.4 Å². The Balaban J connectivity index is 0. The molecule has 0 aliphatic carbocycles. The zero-order valence-electron chi connectivity index (χ0n) is 10.1. The van der Waals surface area contributed by atoms with Crippen molar-refractivity contribution in [2.24, 2.45) is 5.50 Å². The zero-order chi connectivity index (χ0) is 13.7. The lowest BCUT2D eigenvalue weighted by molar-refractivity contribution is -0.138. The van der Waals surface area contributed by atoms with Gasteiger partial charge in [0.15, 0.2) is 0 Å². The highest BCUT2D eigenvalue weighted by molar-refractivity contribution is 7.41. The third kappa shape index (κ3) is 25.4. The third-order valence-electron chi connectivity index (χ3n) is 1.81. The van der Waals surface area contributed by atoms with E-state index in [4.69, 9.17) is 15.7 Å². The summed E-state index contributed by atoms with van der Waals surface area (Å²) in [6.07, 6.45) is 3.93. The van der Waals surface area contributed by atoms with E-state index in [1.54, 1.807) is 0 Å². The first-order valence-electron chi connectivity index (χ1n) is 5.62. The molecule has 0 aromatic carbocycles. The van der Waals surface area contributed by atoms with E-state index in [1.807, 2.05) is 6.92 Å². The Bertz CT molecular complexity index is 229. The summed E-state index contributed by atoms with van der Waals surface area (Å²) in [5.74, 6) is -1.50. The van der Waals surface area contributed by atoms with Crippen molar-refractivity contribution in [3.63, 3.8) is 0 Å². The molecule has 0 aliphatic heterocycles. The van der Waals surface area contributed by atoms with Crippen molar-refractivity contribution in [2.75, 3.05) is 6.16 Å². The number of carboxylic acids is 2. The largest absolute Gasteiger partial charge is 0.481 e. The Morgan fingerprint density at radius 2 is 1.53 bits per heavy atom. The van der Waals surface area contributed by atoms with Crippen molar-refractivity contribution in [3.8, 4) is 0 Å². The summed E-state index contributed by atoms with van der Waals surface area (Å²) < 4.78 is 10.3. The van der Waals surface area contributed by atoms with Crippen LogP contribution in [0.2, 0.25) is 0 Å². The van der Waals surface area contributed by atoms with E-state index in [2.05, 4.69) is 0 Å². The predicted octanol–water partition coefficient (Wildman–Crippen LogP) is 1.94. The number of hydrogen-bond acceptors (Lipinski definition) is 3. The molecule has 4 N–H and O–H groups in total. The Hall–Kier alpha value is -0.870. The van der Waals surface area contributed by atoms with Crippen molar-refractivity contribution < 1.29 is 24.4 Å². The van der Waals surface area contributed by atoms with Crippen LogP contribution in [0.25, 0.3) is 0 Å². The molecule has 1 atom stereocenters. The van der Waals surface area contributed by atoms with Gasteiger partial charge in [0.05, 0.1) is 0 Å². The van der Waals surface area contributed by atoms with Gasteiger partial charge < -0.3 is 14.8 Å². The van der Waals surface area contributed by atoms with E-state index < -0.39 is 19.9 Å². The molecule has 1 unspecified atom stereocenters. The molecular formula is C10H22NO5P. The Kier molecular flexibility index (Phi) is 14.4.